The minimum Gasteiger partial charge on any atom is -0.357 e. The lowest BCUT2D eigenvalue weighted by molar-refractivity contribution is -0.384. The van der Waals surface area contributed by atoms with Crippen LogP contribution in [0.15, 0.2) is 18.2 Å². The van der Waals surface area contributed by atoms with Crippen molar-refractivity contribution in [2.24, 2.45) is 0 Å². The van der Waals surface area contributed by atoms with Crippen molar-refractivity contribution in [3.05, 3.63) is 33.3 Å². The van der Waals surface area contributed by atoms with Gasteiger partial charge in [0.05, 0.1) is 4.92 Å². The van der Waals surface area contributed by atoms with Gasteiger partial charge in [0.25, 0.3) is 0 Å². The predicted molar refractivity (Wildman–Crippen MR) is 72.5 cm³/mol. The summed E-state index contributed by atoms with van der Waals surface area (Å²) in [7, 11) is 1.56. The van der Waals surface area contributed by atoms with Gasteiger partial charge in [0.1, 0.15) is 16.8 Å². The van der Waals surface area contributed by atoms with E-state index in [4.69, 9.17) is 11.6 Å². The molecule has 1 aromatic rings. The van der Waals surface area contributed by atoms with E-state index in [1.165, 1.54) is 6.07 Å². The molecule has 6 nitrogen and oxygen atoms in total. The van der Waals surface area contributed by atoms with Gasteiger partial charge in [0.2, 0.25) is 5.91 Å². The van der Waals surface area contributed by atoms with Crippen LogP contribution < -0.4 is 10.2 Å². The zero-order valence-electron chi connectivity index (χ0n) is 10.4. The van der Waals surface area contributed by atoms with Crippen LogP contribution in [0.5, 0.6) is 0 Å². The van der Waals surface area contributed by atoms with Crippen LogP contribution in [0.4, 0.5) is 11.4 Å². The van der Waals surface area contributed by atoms with Crippen LogP contribution in [0.3, 0.4) is 0 Å². The number of nitro benzene ring substituents is 1. The standard InChI is InChI=1S/C12H14ClN3O3/c1-14-12(17)10-6-3-7-15(10)9-5-2-4-8(13)11(9)16(18)19/h2,4-5,10H,3,6-7H2,1H3,(H,14,17). The topological polar surface area (TPSA) is 75.5 Å². The first-order valence-electron chi connectivity index (χ1n) is 5.97. The van der Waals surface area contributed by atoms with Crippen molar-refractivity contribution in [2.45, 2.75) is 18.9 Å². The number of carbonyl (C=O) groups is 1. The predicted octanol–water partition coefficient (Wildman–Crippen LogP) is 1.96. The molecule has 1 aliphatic heterocycles. The van der Waals surface area contributed by atoms with Gasteiger partial charge in [-0.1, -0.05) is 17.7 Å². The van der Waals surface area contributed by atoms with E-state index in [1.54, 1.807) is 24.1 Å². The van der Waals surface area contributed by atoms with Crippen LogP contribution in [-0.2, 0) is 4.79 Å². The van der Waals surface area contributed by atoms with E-state index in [2.05, 4.69) is 5.32 Å². The Morgan fingerprint density at radius 1 is 1.58 bits per heavy atom. The summed E-state index contributed by atoms with van der Waals surface area (Å²) in [6.45, 7) is 0.610. The number of hydrogen-bond donors (Lipinski definition) is 1. The Bertz CT molecular complexity index is 521. The van der Waals surface area contributed by atoms with Gasteiger partial charge in [-0.05, 0) is 25.0 Å². The first-order chi connectivity index (χ1) is 9.06. The van der Waals surface area contributed by atoms with Gasteiger partial charge >= 0.3 is 5.69 Å². The average molecular weight is 284 g/mol. The molecule has 0 spiro atoms. The molecule has 1 fully saturated rings. The van der Waals surface area contributed by atoms with Gasteiger partial charge in [-0.15, -0.1) is 0 Å². The Kier molecular flexibility index (Phi) is 3.90. The molecule has 0 radical (unpaired) electrons. The maximum absolute atomic E-state index is 11.8. The Labute approximate surface area is 115 Å². The summed E-state index contributed by atoms with van der Waals surface area (Å²) >= 11 is 5.90. The lowest BCUT2D eigenvalue weighted by atomic mass is 10.2. The Balaban J connectivity index is 2.44. The molecule has 1 unspecified atom stereocenters. The fourth-order valence-corrected chi connectivity index (χ4v) is 2.65. The van der Waals surface area contributed by atoms with Crippen molar-refractivity contribution in [2.75, 3.05) is 18.5 Å². The van der Waals surface area contributed by atoms with Crippen LogP contribution in [-0.4, -0.2) is 30.5 Å². The molecular weight excluding hydrogens is 270 g/mol. The first kappa shape index (κ1) is 13.6. The monoisotopic (exact) mass is 283 g/mol. The molecule has 1 amide bonds. The summed E-state index contributed by atoms with van der Waals surface area (Å²) in [6.07, 6.45) is 1.51. The lowest BCUT2D eigenvalue weighted by Crippen LogP contribution is -2.42. The normalized spacial score (nSPS) is 18.4. The Morgan fingerprint density at radius 2 is 2.32 bits per heavy atom. The largest absolute Gasteiger partial charge is 0.357 e. The minimum absolute atomic E-state index is 0.0880. The first-order valence-corrected chi connectivity index (χ1v) is 6.35. The summed E-state index contributed by atoms with van der Waals surface area (Å²) in [5.74, 6) is -0.133. The minimum atomic E-state index is -0.503. The van der Waals surface area contributed by atoms with Crippen LogP contribution in [0.25, 0.3) is 0 Å². The number of hydrogen-bond acceptors (Lipinski definition) is 4. The second-order valence-electron chi connectivity index (χ2n) is 4.33. The van der Waals surface area contributed by atoms with E-state index in [0.717, 1.165) is 6.42 Å². The third kappa shape index (κ3) is 2.49. The van der Waals surface area contributed by atoms with E-state index < -0.39 is 4.92 Å². The molecule has 1 aliphatic rings. The number of amides is 1. The molecule has 1 atom stereocenters. The molecule has 7 heteroatoms. The third-order valence-electron chi connectivity index (χ3n) is 3.26. The number of rotatable bonds is 3. The van der Waals surface area contributed by atoms with Crippen molar-refractivity contribution in [1.82, 2.24) is 5.32 Å². The summed E-state index contributed by atoms with van der Waals surface area (Å²) in [5.41, 5.74) is 0.267. The summed E-state index contributed by atoms with van der Waals surface area (Å²) in [4.78, 5) is 24.2. The molecule has 1 N–H and O–H groups in total. The quantitative estimate of drug-likeness (QED) is 0.680. The summed E-state index contributed by atoms with van der Waals surface area (Å²) in [5, 5.41) is 13.8. The molecule has 1 aromatic carbocycles. The highest BCUT2D eigenvalue weighted by molar-refractivity contribution is 6.33. The van der Waals surface area contributed by atoms with Gasteiger partial charge in [0, 0.05) is 13.6 Å². The number of benzene rings is 1. The summed E-state index contributed by atoms with van der Waals surface area (Å²) in [6, 6.07) is 4.39. The van der Waals surface area contributed by atoms with Crippen LogP contribution in [0.2, 0.25) is 5.02 Å². The second kappa shape index (κ2) is 5.44. The zero-order valence-corrected chi connectivity index (χ0v) is 11.2. The maximum atomic E-state index is 11.8. The van der Waals surface area contributed by atoms with Gasteiger partial charge in [0.15, 0.2) is 0 Å². The van der Waals surface area contributed by atoms with E-state index >= 15 is 0 Å². The zero-order chi connectivity index (χ0) is 14.0. The number of para-hydroxylation sites is 1. The Morgan fingerprint density at radius 3 is 2.95 bits per heavy atom. The van der Waals surface area contributed by atoms with Gasteiger partial charge in [-0.25, -0.2) is 0 Å². The maximum Gasteiger partial charge on any atom is 0.310 e. The highest BCUT2D eigenvalue weighted by atomic mass is 35.5. The fraction of sp³-hybridized carbons (Fsp3) is 0.417. The number of nitro groups is 1. The molecule has 2 rings (SSSR count). The van der Waals surface area contributed by atoms with E-state index in [-0.39, 0.29) is 22.7 Å². The number of nitrogens with zero attached hydrogens (tertiary/aromatic N) is 2. The molecule has 0 bridgehead atoms. The molecule has 1 saturated heterocycles. The number of anilines is 1. The fourth-order valence-electron chi connectivity index (χ4n) is 2.41. The van der Waals surface area contributed by atoms with E-state index in [1.807, 2.05) is 0 Å². The molecular formula is C12H14ClN3O3. The molecule has 1 heterocycles. The SMILES string of the molecule is CNC(=O)C1CCCN1c1cccc(Cl)c1[N+](=O)[O-]. The van der Waals surface area contributed by atoms with Gasteiger partial charge in [-0.3, -0.25) is 14.9 Å². The molecule has 0 aliphatic carbocycles. The van der Waals surface area contributed by atoms with Crippen LogP contribution >= 0.6 is 11.6 Å². The molecule has 102 valence electrons. The van der Waals surface area contributed by atoms with Gasteiger partial charge < -0.3 is 10.2 Å². The van der Waals surface area contributed by atoms with E-state index in [9.17, 15) is 14.9 Å². The van der Waals surface area contributed by atoms with Gasteiger partial charge in [-0.2, -0.15) is 0 Å². The van der Waals surface area contributed by atoms with Crippen molar-refractivity contribution in [3.8, 4) is 0 Å². The molecule has 0 aromatic heterocycles. The van der Waals surface area contributed by atoms with Crippen molar-refractivity contribution in [1.29, 1.82) is 0 Å². The highest BCUT2D eigenvalue weighted by Gasteiger charge is 2.34. The lowest BCUT2D eigenvalue weighted by Gasteiger charge is -2.25. The van der Waals surface area contributed by atoms with Crippen molar-refractivity contribution >= 4 is 28.9 Å². The number of halogens is 1. The average Bonchev–Trinajstić information content (AvgIpc) is 2.86. The number of nitrogens with one attached hydrogen (secondary N) is 1. The van der Waals surface area contributed by atoms with Crippen molar-refractivity contribution < 1.29 is 9.72 Å². The van der Waals surface area contributed by atoms with Crippen molar-refractivity contribution in [3.63, 3.8) is 0 Å². The molecule has 0 saturated carbocycles. The second-order valence-corrected chi connectivity index (χ2v) is 4.74. The van der Waals surface area contributed by atoms with Crippen LogP contribution in [0, 0.1) is 10.1 Å². The summed E-state index contributed by atoms with van der Waals surface area (Å²) < 4.78 is 0. The number of carbonyl (C=O) groups excluding carboxylic acids is 1. The highest BCUT2D eigenvalue weighted by Crippen LogP contribution is 2.38. The van der Waals surface area contributed by atoms with Crippen LogP contribution in [0.1, 0.15) is 12.8 Å². The number of likely N-dealkylation sites (N-methyl/N-ethyl adjacent to an activating group) is 1. The van der Waals surface area contributed by atoms with E-state index in [0.29, 0.717) is 18.7 Å². The smallest absolute Gasteiger partial charge is 0.310 e. The third-order valence-corrected chi connectivity index (χ3v) is 3.56. The Hall–Kier alpha value is -1.82. The molecule has 19 heavy (non-hydrogen) atoms.